The van der Waals surface area contributed by atoms with Crippen LogP contribution >= 0.6 is 11.8 Å². The van der Waals surface area contributed by atoms with Crippen molar-refractivity contribution >= 4 is 29.1 Å². The standard InChI is InChI=1S/C23H23N5O2S/c1-16(2)27-15-24-23-26-19(13-22(30)28(23)27)14-31-20-10-8-18(9-11-20)25-21(29)12-17-6-4-3-5-7-17/h3-11,13,15-16H,12,14H2,1-2H3,(H,25,29). The number of carbonyl (C=O) groups excluding carboxylic acids is 1. The van der Waals surface area contributed by atoms with Crippen LogP contribution in [0.3, 0.4) is 0 Å². The first-order valence-electron chi connectivity index (χ1n) is 10.0. The van der Waals surface area contributed by atoms with Crippen LogP contribution in [0.5, 0.6) is 0 Å². The summed E-state index contributed by atoms with van der Waals surface area (Å²) in [6.45, 7) is 3.98. The van der Waals surface area contributed by atoms with E-state index in [1.807, 2.05) is 68.4 Å². The zero-order chi connectivity index (χ0) is 21.8. The van der Waals surface area contributed by atoms with E-state index in [1.165, 1.54) is 4.52 Å². The van der Waals surface area contributed by atoms with E-state index in [0.717, 1.165) is 16.1 Å². The molecular weight excluding hydrogens is 410 g/mol. The van der Waals surface area contributed by atoms with Crippen LogP contribution in [-0.2, 0) is 17.0 Å². The SMILES string of the molecule is CC(C)n1cnc2nc(CSc3ccc(NC(=O)Cc4ccccc4)cc3)cc(=O)n21. The van der Waals surface area contributed by atoms with Crippen LogP contribution in [0.1, 0.15) is 31.1 Å². The number of nitrogens with one attached hydrogen (secondary N) is 1. The van der Waals surface area contributed by atoms with Gasteiger partial charge in [0.25, 0.3) is 11.3 Å². The van der Waals surface area contributed by atoms with Crippen LogP contribution in [0.2, 0.25) is 0 Å². The van der Waals surface area contributed by atoms with Crippen molar-refractivity contribution in [3.8, 4) is 0 Å². The number of aromatic nitrogens is 4. The van der Waals surface area contributed by atoms with Gasteiger partial charge in [-0.15, -0.1) is 11.8 Å². The van der Waals surface area contributed by atoms with Crippen molar-refractivity contribution in [1.29, 1.82) is 0 Å². The van der Waals surface area contributed by atoms with Crippen molar-refractivity contribution in [3.63, 3.8) is 0 Å². The highest BCUT2D eigenvalue weighted by Crippen LogP contribution is 2.23. The number of anilines is 1. The molecule has 0 spiro atoms. The monoisotopic (exact) mass is 433 g/mol. The minimum absolute atomic E-state index is 0.0505. The predicted octanol–water partition coefficient (Wildman–Crippen LogP) is 3.95. The average Bonchev–Trinajstić information content (AvgIpc) is 3.19. The Morgan fingerprint density at radius 1 is 1.10 bits per heavy atom. The van der Waals surface area contributed by atoms with E-state index >= 15 is 0 Å². The maximum Gasteiger partial charge on any atom is 0.274 e. The Labute approximate surface area is 184 Å². The highest BCUT2D eigenvalue weighted by Gasteiger charge is 2.10. The van der Waals surface area contributed by atoms with Gasteiger partial charge in [-0.25, -0.2) is 4.98 Å². The summed E-state index contributed by atoms with van der Waals surface area (Å²) in [5, 5.41) is 2.92. The lowest BCUT2D eigenvalue weighted by atomic mass is 10.1. The van der Waals surface area contributed by atoms with Crippen LogP contribution in [-0.4, -0.2) is 25.1 Å². The van der Waals surface area contributed by atoms with Crippen LogP contribution < -0.4 is 10.9 Å². The summed E-state index contributed by atoms with van der Waals surface area (Å²) in [6.07, 6.45) is 1.98. The summed E-state index contributed by atoms with van der Waals surface area (Å²) >= 11 is 1.58. The number of benzene rings is 2. The molecule has 0 radical (unpaired) electrons. The molecule has 0 aliphatic carbocycles. The lowest BCUT2D eigenvalue weighted by molar-refractivity contribution is -0.115. The number of hydrogen-bond donors (Lipinski definition) is 1. The molecule has 0 saturated heterocycles. The summed E-state index contributed by atoms with van der Waals surface area (Å²) in [7, 11) is 0. The number of carbonyl (C=O) groups is 1. The molecule has 0 atom stereocenters. The Hall–Kier alpha value is -3.39. The largest absolute Gasteiger partial charge is 0.326 e. The van der Waals surface area contributed by atoms with Gasteiger partial charge in [-0.05, 0) is 43.7 Å². The molecule has 158 valence electrons. The van der Waals surface area contributed by atoms with E-state index < -0.39 is 0 Å². The van der Waals surface area contributed by atoms with Crippen molar-refractivity contribution in [1.82, 2.24) is 19.2 Å². The first-order valence-corrected chi connectivity index (χ1v) is 11.0. The third-order valence-electron chi connectivity index (χ3n) is 4.72. The molecule has 8 heteroatoms. The molecule has 0 aliphatic rings. The number of hydrogen-bond acceptors (Lipinski definition) is 5. The zero-order valence-corrected chi connectivity index (χ0v) is 18.2. The van der Waals surface area contributed by atoms with Gasteiger partial charge in [0.1, 0.15) is 6.33 Å². The van der Waals surface area contributed by atoms with Crippen molar-refractivity contribution in [2.45, 2.75) is 37.0 Å². The maximum absolute atomic E-state index is 12.5. The summed E-state index contributed by atoms with van der Waals surface area (Å²) in [6, 6.07) is 19.0. The van der Waals surface area contributed by atoms with E-state index in [2.05, 4.69) is 15.3 Å². The summed E-state index contributed by atoms with van der Waals surface area (Å²) in [5.41, 5.74) is 2.28. The molecular formula is C23H23N5O2S. The van der Waals surface area contributed by atoms with Gasteiger partial charge in [0.15, 0.2) is 0 Å². The molecule has 2 aromatic heterocycles. The first kappa shape index (κ1) is 20.9. The molecule has 0 fully saturated rings. The Kier molecular flexibility index (Phi) is 6.18. The predicted molar refractivity (Wildman–Crippen MR) is 122 cm³/mol. The van der Waals surface area contributed by atoms with Crippen LogP contribution in [0.4, 0.5) is 5.69 Å². The average molecular weight is 434 g/mol. The zero-order valence-electron chi connectivity index (χ0n) is 17.4. The minimum Gasteiger partial charge on any atom is -0.326 e. The second kappa shape index (κ2) is 9.18. The van der Waals surface area contributed by atoms with Gasteiger partial charge < -0.3 is 5.32 Å². The van der Waals surface area contributed by atoms with Gasteiger partial charge >= 0.3 is 0 Å². The van der Waals surface area contributed by atoms with Crippen molar-refractivity contribution in [2.75, 3.05) is 5.32 Å². The minimum atomic E-state index is -0.136. The maximum atomic E-state index is 12.5. The molecule has 0 unspecified atom stereocenters. The normalized spacial score (nSPS) is 11.2. The molecule has 1 amide bonds. The number of thioether (sulfide) groups is 1. The molecule has 2 aromatic carbocycles. The van der Waals surface area contributed by atoms with Gasteiger partial charge in [0.05, 0.1) is 12.1 Å². The van der Waals surface area contributed by atoms with Gasteiger partial charge in [0, 0.05) is 28.4 Å². The number of fused-ring (bicyclic) bond motifs is 1. The molecule has 0 saturated carbocycles. The van der Waals surface area contributed by atoms with Gasteiger partial charge in [-0.2, -0.15) is 9.50 Å². The number of nitrogens with zero attached hydrogens (tertiary/aromatic N) is 4. The van der Waals surface area contributed by atoms with Crippen LogP contribution in [0.15, 0.2) is 76.7 Å². The van der Waals surface area contributed by atoms with Crippen LogP contribution in [0.25, 0.3) is 5.78 Å². The van der Waals surface area contributed by atoms with Crippen molar-refractivity contribution in [2.24, 2.45) is 0 Å². The van der Waals surface area contributed by atoms with Gasteiger partial charge in [-0.1, -0.05) is 30.3 Å². The highest BCUT2D eigenvalue weighted by molar-refractivity contribution is 7.98. The number of rotatable bonds is 7. The molecule has 7 nitrogen and oxygen atoms in total. The molecule has 0 bridgehead atoms. The van der Waals surface area contributed by atoms with Gasteiger partial charge in [-0.3, -0.25) is 14.3 Å². The van der Waals surface area contributed by atoms with Crippen LogP contribution in [0, 0.1) is 0 Å². The molecule has 4 aromatic rings. The number of amides is 1. The summed E-state index contributed by atoms with van der Waals surface area (Å²) in [4.78, 5) is 34.5. The van der Waals surface area contributed by atoms with Crippen molar-refractivity contribution < 1.29 is 4.79 Å². The fraction of sp³-hybridized carbons (Fsp3) is 0.217. The third-order valence-corrected chi connectivity index (χ3v) is 5.76. The lowest BCUT2D eigenvalue weighted by Crippen LogP contribution is -2.22. The Morgan fingerprint density at radius 3 is 2.55 bits per heavy atom. The molecule has 4 rings (SSSR count). The topological polar surface area (TPSA) is 81.3 Å². The molecule has 1 N–H and O–H groups in total. The Morgan fingerprint density at radius 2 is 1.84 bits per heavy atom. The summed E-state index contributed by atoms with van der Waals surface area (Å²) < 4.78 is 3.26. The Balaban J connectivity index is 1.37. The Bertz CT molecular complexity index is 1250. The van der Waals surface area contributed by atoms with E-state index in [9.17, 15) is 9.59 Å². The molecule has 2 heterocycles. The molecule has 0 aliphatic heterocycles. The smallest absolute Gasteiger partial charge is 0.274 e. The van der Waals surface area contributed by atoms with E-state index in [0.29, 0.717) is 23.6 Å². The fourth-order valence-corrected chi connectivity index (χ4v) is 3.98. The van der Waals surface area contributed by atoms with Gasteiger partial charge in [0.2, 0.25) is 5.91 Å². The first-order chi connectivity index (χ1) is 15.0. The highest BCUT2D eigenvalue weighted by atomic mass is 32.2. The second-order valence-electron chi connectivity index (χ2n) is 7.44. The summed E-state index contributed by atoms with van der Waals surface area (Å²) in [5.74, 6) is 0.915. The third kappa shape index (κ3) is 5.03. The van der Waals surface area contributed by atoms with E-state index in [-0.39, 0.29) is 17.5 Å². The van der Waals surface area contributed by atoms with E-state index in [4.69, 9.17) is 0 Å². The lowest BCUT2D eigenvalue weighted by Gasteiger charge is -2.09. The van der Waals surface area contributed by atoms with E-state index in [1.54, 1.807) is 28.8 Å². The molecule has 31 heavy (non-hydrogen) atoms. The fourth-order valence-electron chi connectivity index (χ4n) is 3.19. The second-order valence-corrected chi connectivity index (χ2v) is 8.49. The quantitative estimate of drug-likeness (QED) is 0.447. The van der Waals surface area contributed by atoms with Crippen molar-refractivity contribution in [3.05, 3.63) is 88.6 Å².